The van der Waals surface area contributed by atoms with E-state index in [-0.39, 0.29) is 6.42 Å². The van der Waals surface area contributed by atoms with E-state index in [1.165, 1.54) is 19.3 Å². The summed E-state index contributed by atoms with van der Waals surface area (Å²) in [4.78, 5) is 10.2. The van der Waals surface area contributed by atoms with Crippen molar-refractivity contribution in [2.45, 2.75) is 58.0 Å². The highest BCUT2D eigenvalue weighted by molar-refractivity contribution is 5.67. The Kier molecular flexibility index (Phi) is 9.18. The van der Waals surface area contributed by atoms with E-state index >= 15 is 0 Å². The highest BCUT2D eigenvalue weighted by atomic mass is 16.4. The monoisotopic (exact) mass is 214 g/mol. The van der Waals surface area contributed by atoms with Crippen LogP contribution >= 0.6 is 0 Å². The number of carboxylic acid groups (broad SMARTS) is 1. The molecule has 3 nitrogen and oxygen atoms in total. The van der Waals surface area contributed by atoms with Crippen LogP contribution in [0.4, 0.5) is 0 Å². The summed E-state index contributed by atoms with van der Waals surface area (Å²) in [6, 6.07) is 0. The van der Waals surface area contributed by atoms with E-state index in [1.807, 2.05) is 6.08 Å². The lowest BCUT2D eigenvalue weighted by Gasteiger charge is -2.04. The number of aliphatic hydroxyl groups excluding tert-OH is 1. The number of carboxylic acids is 1. The van der Waals surface area contributed by atoms with Crippen molar-refractivity contribution in [2.24, 2.45) is 0 Å². The first-order valence-electron chi connectivity index (χ1n) is 5.71. The van der Waals surface area contributed by atoms with Gasteiger partial charge in [0.15, 0.2) is 0 Å². The number of unbranched alkanes of at least 4 members (excludes halogenated alkanes) is 3. The molecule has 0 heterocycles. The van der Waals surface area contributed by atoms with Crippen LogP contribution in [0.15, 0.2) is 12.2 Å². The Morgan fingerprint density at radius 1 is 1.27 bits per heavy atom. The molecular formula is C12H22O3. The number of rotatable bonds is 9. The van der Waals surface area contributed by atoms with Gasteiger partial charge in [-0.1, -0.05) is 31.9 Å². The van der Waals surface area contributed by atoms with Crippen LogP contribution in [0.5, 0.6) is 0 Å². The standard InChI is InChI=1S/C12H22O3/c1-2-3-4-5-6-7-8-9-11(13)10-12(14)15/h6-7,11,13H,2-5,8-10H2,1H3,(H,14,15)/b7-6-/t11-/m1/s1. The molecule has 3 heteroatoms. The third-order valence-corrected chi connectivity index (χ3v) is 2.22. The van der Waals surface area contributed by atoms with Gasteiger partial charge in [0.25, 0.3) is 0 Å². The van der Waals surface area contributed by atoms with Gasteiger partial charge in [0.05, 0.1) is 12.5 Å². The summed E-state index contributed by atoms with van der Waals surface area (Å²) >= 11 is 0. The van der Waals surface area contributed by atoms with Crippen LogP contribution in [0.3, 0.4) is 0 Å². The summed E-state index contributed by atoms with van der Waals surface area (Å²) in [6.45, 7) is 2.17. The minimum Gasteiger partial charge on any atom is -0.481 e. The summed E-state index contributed by atoms with van der Waals surface area (Å²) in [5.74, 6) is -0.936. The van der Waals surface area contributed by atoms with Gasteiger partial charge in [-0.05, 0) is 25.7 Å². The topological polar surface area (TPSA) is 57.5 Å². The molecule has 0 saturated heterocycles. The predicted octanol–water partition coefficient (Wildman–Crippen LogP) is 2.74. The first kappa shape index (κ1) is 14.2. The van der Waals surface area contributed by atoms with Crippen molar-refractivity contribution in [2.75, 3.05) is 0 Å². The first-order valence-corrected chi connectivity index (χ1v) is 5.71. The maximum absolute atomic E-state index is 10.2. The zero-order chi connectivity index (χ0) is 11.5. The highest BCUT2D eigenvalue weighted by Gasteiger charge is 2.07. The maximum Gasteiger partial charge on any atom is 0.305 e. The lowest BCUT2D eigenvalue weighted by molar-refractivity contribution is -0.139. The van der Waals surface area contributed by atoms with Crippen LogP contribution in [0, 0.1) is 0 Å². The molecule has 0 bridgehead atoms. The second kappa shape index (κ2) is 9.71. The number of hydrogen-bond acceptors (Lipinski definition) is 2. The Hall–Kier alpha value is -0.830. The number of allylic oxidation sites excluding steroid dienone is 2. The van der Waals surface area contributed by atoms with Gasteiger partial charge >= 0.3 is 5.97 Å². The van der Waals surface area contributed by atoms with Gasteiger partial charge in [-0.25, -0.2) is 0 Å². The largest absolute Gasteiger partial charge is 0.481 e. The lowest BCUT2D eigenvalue weighted by Crippen LogP contribution is -2.12. The van der Waals surface area contributed by atoms with Crippen molar-refractivity contribution in [1.29, 1.82) is 0 Å². The van der Waals surface area contributed by atoms with E-state index < -0.39 is 12.1 Å². The minimum atomic E-state index is -0.936. The van der Waals surface area contributed by atoms with Crippen LogP contribution in [0.1, 0.15) is 51.9 Å². The Morgan fingerprint density at radius 3 is 2.53 bits per heavy atom. The number of hydrogen-bond donors (Lipinski definition) is 2. The van der Waals surface area contributed by atoms with Crippen molar-refractivity contribution in [3.8, 4) is 0 Å². The molecule has 0 rings (SSSR count). The van der Waals surface area contributed by atoms with E-state index in [0.717, 1.165) is 12.8 Å². The fourth-order valence-corrected chi connectivity index (χ4v) is 1.34. The van der Waals surface area contributed by atoms with Crippen molar-refractivity contribution < 1.29 is 15.0 Å². The van der Waals surface area contributed by atoms with Gasteiger partial charge in [0.1, 0.15) is 0 Å². The number of aliphatic hydroxyl groups is 1. The van der Waals surface area contributed by atoms with Gasteiger partial charge in [0, 0.05) is 0 Å². The smallest absolute Gasteiger partial charge is 0.305 e. The Bertz CT molecular complexity index is 187. The fourth-order valence-electron chi connectivity index (χ4n) is 1.34. The van der Waals surface area contributed by atoms with Gasteiger partial charge in [-0.15, -0.1) is 0 Å². The van der Waals surface area contributed by atoms with E-state index in [2.05, 4.69) is 13.0 Å². The molecule has 15 heavy (non-hydrogen) atoms. The van der Waals surface area contributed by atoms with Crippen molar-refractivity contribution in [1.82, 2.24) is 0 Å². The fraction of sp³-hybridized carbons (Fsp3) is 0.750. The maximum atomic E-state index is 10.2. The van der Waals surface area contributed by atoms with Crippen LogP contribution in [-0.4, -0.2) is 22.3 Å². The molecule has 0 spiro atoms. The van der Waals surface area contributed by atoms with E-state index in [0.29, 0.717) is 6.42 Å². The molecule has 88 valence electrons. The Morgan fingerprint density at radius 2 is 1.93 bits per heavy atom. The molecule has 0 unspecified atom stereocenters. The molecule has 0 fully saturated rings. The summed E-state index contributed by atoms with van der Waals surface area (Å²) in [6.07, 6.45) is 9.37. The van der Waals surface area contributed by atoms with Gasteiger partial charge in [-0.2, -0.15) is 0 Å². The molecule has 1 atom stereocenters. The number of carbonyl (C=O) groups is 1. The molecule has 0 aliphatic rings. The van der Waals surface area contributed by atoms with Crippen LogP contribution in [-0.2, 0) is 4.79 Å². The molecule has 0 saturated carbocycles. The third kappa shape index (κ3) is 11.1. The Balaban J connectivity index is 3.32. The minimum absolute atomic E-state index is 0.149. The summed E-state index contributed by atoms with van der Waals surface area (Å²) < 4.78 is 0. The molecule has 0 aromatic carbocycles. The van der Waals surface area contributed by atoms with Crippen molar-refractivity contribution in [3.63, 3.8) is 0 Å². The summed E-state index contributed by atoms with van der Waals surface area (Å²) in [5, 5.41) is 17.7. The second-order valence-electron chi connectivity index (χ2n) is 3.80. The quantitative estimate of drug-likeness (QED) is 0.458. The van der Waals surface area contributed by atoms with E-state index in [1.54, 1.807) is 0 Å². The molecule has 0 radical (unpaired) electrons. The molecule has 0 aromatic rings. The normalized spacial score (nSPS) is 13.2. The highest BCUT2D eigenvalue weighted by Crippen LogP contribution is 2.04. The van der Waals surface area contributed by atoms with E-state index in [9.17, 15) is 9.90 Å². The first-order chi connectivity index (χ1) is 7.16. The van der Waals surface area contributed by atoms with Crippen molar-refractivity contribution in [3.05, 3.63) is 12.2 Å². The molecule has 0 aromatic heterocycles. The third-order valence-electron chi connectivity index (χ3n) is 2.22. The van der Waals surface area contributed by atoms with Crippen LogP contribution in [0.25, 0.3) is 0 Å². The summed E-state index contributed by atoms with van der Waals surface area (Å²) in [7, 11) is 0. The Labute approximate surface area is 91.8 Å². The zero-order valence-corrected chi connectivity index (χ0v) is 9.48. The summed E-state index contributed by atoms with van der Waals surface area (Å²) in [5.41, 5.74) is 0. The average Bonchev–Trinajstić information content (AvgIpc) is 2.15. The average molecular weight is 214 g/mol. The van der Waals surface area contributed by atoms with Gasteiger partial charge < -0.3 is 10.2 Å². The lowest BCUT2D eigenvalue weighted by atomic mass is 10.1. The van der Waals surface area contributed by atoms with Gasteiger partial charge in [-0.3, -0.25) is 4.79 Å². The van der Waals surface area contributed by atoms with Crippen LogP contribution in [0.2, 0.25) is 0 Å². The molecule has 2 N–H and O–H groups in total. The number of aliphatic carboxylic acids is 1. The van der Waals surface area contributed by atoms with Crippen molar-refractivity contribution >= 4 is 5.97 Å². The van der Waals surface area contributed by atoms with Crippen LogP contribution < -0.4 is 0 Å². The van der Waals surface area contributed by atoms with E-state index in [4.69, 9.17) is 5.11 Å². The van der Waals surface area contributed by atoms with Gasteiger partial charge in [0.2, 0.25) is 0 Å². The zero-order valence-electron chi connectivity index (χ0n) is 9.48. The SMILES string of the molecule is CCCCC/C=C\CC[C@@H](O)CC(=O)O. The molecule has 0 aliphatic carbocycles. The molecule has 0 aliphatic heterocycles. The second-order valence-corrected chi connectivity index (χ2v) is 3.80. The molecular weight excluding hydrogens is 192 g/mol. The molecule has 0 amide bonds. The predicted molar refractivity (Wildman–Crippen MR) is 60.8 cm³/mol.